The smallest absolute Gasteiger partial charge is 0.0719 e. The number of hydrogen-bond acceptors (Lipinski definition) is 1. The molecule has 2 nitrogen and oxygen atoms in total. The van der Waals surface area contributed by atoms with Crippen molar-refractivity contribution < 1.29 is 0 Å². The van der Waals surface area contributed by atoms with Crippen LogP contribution in [0.4, 0.5) is 0 Å². The van der Waals surface area contributed by atoms with Gasteiger partial charge in [-0.15, -0.1) is 11.3 Å². The van der Waals surface area contributed by atoms with E-state index >= 15 is 0 Å². The van der Waals surface area contributed by atoms with Gasteiger partial charge in [-0.3, -0.25) is 0 Å². The predicted molar refractivity (Wildman–Crippen MR) is 219 cm³/mol. The molecule has 8 aromatic carbocycles. The molecular formula is C48H30N2S. The van der Waals surface area contributed by atoms with Gasteiger partial charge < -0.3 is 9.13 Å². The Morgan fingerprint density at radius 2 is 0.882 bits per heavy atom. The Morgan fingerprint density at radius 1 is 0.314 bits per heavy atom. The number of benzene rings is 8. The minimum absolute atomic E-state index is 1.17. The van der Waals surface area contributed by atoms with Crippen molar-refractivity contribution >= 4 is 75.1 Å². The lowest BCUT2D eigenvalue weighted by Gasteiger charge is -2.11. The van der Waals surface area contributed by atoms with Gasteiger partial charge in [-0.1, -0.05) is 121 Å². The number of rotatable bonds is 4. The Kier molecular flexibility index (Phi) is 6.16. The second-order valence-corrected chi connectivity index (χ2v) is 14.4. The van der Waals surface area contributed by atoms with Crippen molar-refractivity contribution in [3.8, 4) is 33.6 Å². The summed E-state index contributed by atoms with van der Waals surface area (Å²) in [5, 5.41) is 7.70. The molecule has 0 fully saturated rings. The molecule has 0 atom stereocenters. The first-order valence-corrected chi connectivity index (χ1v) is 18.3. The van der Waals surface area contributed by atoms with Crippen molar-refractivity contribution in [3.05, 3.63) is 182 Å². The highest BCUT2D eigenvalue weighted by Gasteiger charge is 2.19. The molecule has 0 aliphatic heterocycles. The average molecular weight is 667 g/mol. The van der Waals surface area contributed by atoms with Gasteiger partial charge in [0, 0.05) is 48.4 Å². The molecule has 238 valence electrons. The second kappa shape index (κ2) is 11.0. The van der Waals surface area contributed by atoms with E-state index in [0.717, 1.165) is 0 Å². The van der Waals surface area contributed by atoms with Crippen molar-refractivity contribution in [1.29, 1.82) is 0 Å². The zero-order chi connectivity index (χ0) is 33.5. The van der Waals surface area contributed by atoms with E-state index in [2.05, 4.69) is 191 Å². The largest absolute Gasteiger partial charge is 0.309 e. The number of aromatic nitrogens is 2. The third kappa shape index (κ3) is 4.29. The van der Waals surface area contributed by atoms with Crippen molar-refractivity contribution in [2.24, 2.45) is 0 Å². The average Bonchev–Trinajstić information content (AvgIpc) is 3.86. The van der Waals surface area contributed by atoms with Gasteiger partial charge in [-0.25, -0.2) is 0 Å². The van der Waals surface area contributed by atoms with E-state index < -0.39 is 0 Å². The molecule has 0 N–H and O–H groups in total. The van der Waals surface area contributed by atoms with Crippen LogP contribution < -0.4 is 0 Å². The minimum atomic E-state index is 1.17. The van der Waals surface area contributed by atoms with Gasteiger partial charge in [0.25, 0.3) is 0 Å². The summed E-state index contributed by atoms with van der Waals surface area (Å²) in [6, 6.07) is 66.6. The van der Waals surface area contributed by atoms with Crippen molar-refractivity contribution in [2.45, 2.75) is 0 Å². The molecule has 3 heterocycles. The highest BCUT2D eigenvalue weighted by molar-refractivity contribution is 7.26. The number of thiophene rings is 1. The van der Waals surface area contributed by atoms with Crippen LogP contribution in [0.2, 0.25) is 0 Å². The topological polar surface area (TPSA) is 9.86 Å². The summed E-state index contributed by atoms with van der Waals surface area (Å²) in [5.74, 6) is 0. The molecule has 0 spiro atoms. The first-order valence-electron chi connectivity index (χ1n) is 17.4. The van der Waals surface area contributed by atoms with Gasteiger partial charge in [0.2, 0.25) is 0 Å². The maximum Gasteiger partial charge on any atom is 0.0719 e. The monoisotopic (exact) mass is 666 g/mol. The lowest BCUT2D eigenvalue weighted by molar-refractivity contribution is 1.18. The maximum atomic E-state index is 2.50. The van der Waals surface area contributed by atoms with Gasteiger partial charge in [0.05, 0.1) is 26.8 Å². The maximum absolute atomic E-state index is 2.50. The molecule has 0 amide bonds. The SMILES string of the molecule is c1ccc(-c2cccc(-n3c4ccc(-c5ccc6c(c5)c5ccccc5n6-c5ccccc5)cc4c4ccc5c6ccccc6sc5c43)c2)cc1. The lowest BCUT2D eigenvalue weighted by Crippen LogP contribution is -1.94. The summed E-state index contributed by atoms with van der Waals surface area (Å²) in [5.41, 5.74) is 12.1. The predicted octanol–water partition coefficient (Wildman–Crippen LogP) is 13.6. The Bertz CT molecular complexity index is 3130. The molecular weight excluding hydrogens is 637 g/mol. The molecule has 0 aliphatic carbocycles. The van der Waals surface area contributed by atoms with E-state index in [0.29, 0.717) is 0 Å². The Labute approximate surface area is 298 Å². The minimum Gasteiger partial charge on any atom is -0.309 e. The van der Waals surface area contributed by atoms with E-state index in [9.17, 15) is 0 Å². The second-order valence-electron chi connectivity index (χ2n) is 13.3. The number of hydrogen-bond donors (Lipinski definition) is 0. The molecule has 51 heavy (non-hydrogen) atoms. The normalized spacial score (nSPS) is 11.9. The van der Waals surface area contributed by atoms with Gasteiger partial charge in [-0.05, 0) is 82.9 Å². The van der Waals surface area contributed by atoms with Gasteiger partial charge in [0.15, 0.2) is 0 Å². The van der Waals surface area contributed by atoms with Crippen LogP contribution in [0.5, 0.6) is 0 Å². The van der Waals surface area contributed by atoms with Crippen LogP contribution >= 0.6 is 11.3 Å². The van der Waals surface area contributed by atoms with E-state index in [1.807, 2.05) is 11.3 Å². The van der Waals surface area contributed by atoms with Crippen LogP contribution in [0.1, 0.15) is 0 Å². The van der Waals surface area contributed by atoms with Crippen molar-refractivity contribution in [3.63, 3.8) is 0 Å². The fraction of sp³-hybridized carbons (Fsp3) is 0. The number of para-hydroxylation sites is 2. The zero-order valence-electron chi connectivity index (χ0n) is 27.6. The van der Waals surface area contributed by atoms with Crippen LogP contribution in [-0.2, 0) is 0 Å². The summed E-state index contributed by atoms with van der Waals surface area (Å²) < 4.78 is 7.52. The number of fused-ring (bicyclic) bond motifs is 10. The van der Waals surface area contributed by atoms with E-state index in [4.69, 9.17) is 0 Å². The van der Waals surface area contributed by atoms with E-state index in [-0.39, 0.29) is 0 Å². The highest BCUT2D eigenvalue weighted by Crippen LogP contribution is 2.44. The molecule has 3 heteroatoms. The quantitative estimate of drug-likeness (QED) is 0.177. The molecule has 0 saturated carbocycles. The Balaban J connectivity index is 1.17. The number of nitrogens with zero attached hydrogens (tertiary/aromatic N) is 2. The van der Waals surface area contributed by atoms with Crippen molar-refractivity contribution in [2.75, 3.05) is 0 Å². The Hall–Kier alpha value is -6.42. The van der Waals surface area contributed by atoms with Gasteiger partial charge in [0.1, 0.15) is 0 Å². The first kappa shape index (κ1) is 28.4. The highest BCUT2D eigenvalue weighted by atomic mass is 32.1. The molecule has 3 aromatic heterocycles. The first-order chi connectivity index (χ1) is 25.3. The van der Waals surface area contributed by atoms with Crippen LogP contribution in [0.25, 0.3) is 97.4 Å². The van der Waals surface area contributed by atoms with Crippen LogP contribution in [0, 0.1) is 0 Å². The summed E-state index contributed by atoms with van der Waals surface area (Å²) in [4.78, 5) is 0. The third-order valence-corrected chi connectivity index (χ3v) is 11.7. The summed E-state index contributed by atoms with van der Waals surface area (Å²) >= 11 is 1.90. The lowest BCUT2D eigenvalue weighted by atomic mass is 10.0. The zero-order valence-corrected chi connectivity index (χ0v) is 28.4. The Morgan fingerprint density at radius 3 is 1.69 bits per heavy atom. The summed E-state index contributed by atoms with van der Waals surface area (Å²) in [6.45, 7) is 0. The molecule has 0 radical (unpaired) electrons. The molecule has 11 rings (SSSR count). The summed E-state index contributed by atoms with van der Waals surface area (Å²) in [6.07, 6.45) is 0. The van der Waals surface area contributed by atoms with Crippen LogP contribution in [0.15, 0.2) is 182 Å². The molecule has 0 bridgehead atoms. The third-order valence-electron chi connectivity index (χ3n) is 10.5. The molecule has 0 unspecified atom stereocenters. The standard InChI is InChI=1S/C48H30N2S/c1-3-12-31(13-4-1)32-14-11-17-36(28-32)50-45-27-23-34(30-42(45)39-24-25-40-38-19-8-10-21-46(38)51-48(40)47(39)50)33-22-26-44-41(29-33)37-18-7-9-20-43(37)49(44)35-15-5-2-6-16-35/h1-30H. The van der Waals surface area contributed by atoms with E-state index in [1.54, 1.807) is 0 Å². The van der Waals surface area contributed by atoms with Crippen LogP contribution in [-0.4, -0.2) is 9.13 Å². The van der Waals surface area contributed by atoms with Crippen LogP contribution in [0.3, 0.4) is 0 Å². The fourth-order valence-corrected chi connectivity index (χ4v) is 9.43. The van der Waals surface area contributed by atoms with Gasteiger partial charge in [-0.2, -0.15) is 0 Å². The molecule has 11 aromatic rings. The van der Waals surface area contributed by atoms with Gasteiger partial charge >= 0.3 is 0 Å². The summed E-state index contributed by atoms with van der Waals surface area (Å²) in [7, 11) is 0. The molecule has 0 aliphatic rings. The molecule has 0 saturated heterocycles. The fourth-order valence-electron chi connectivity index (χ4n) is 8.19. The van der Waals surface area contributed by atoms with Crippen molar-refractivity contribution in [1.82, 2.24) is 9.13 Å². The van der Waals surface area contributed by atoms with E-state index in [1.165, 1.54) is 97.4 Å².